The minimum atomic E-state index is -0.162. The van der Waals surface area contributed by atoms with Crippen molar-refractivity contribution in [2.75, 3.05) is 0 Å². The Hall–Kier alpha value is -1.70. The summed E-state index contributed by atoms with van der Waals surface area (Å²) in [5, 5.41) is 3.15. The smallest absolute Gasteiger partial charge is 0.223 e. The van der Waals surface area contributed by atoms with Crippen molar-refractivity contribution in [3.63, 3.8) is 0 Å². The van der Waals surface area contributed by atoms with Crippen molar-refractivity contribution in [1.82, 2.24) is 15.0 Å². The third-order valence-corrected chi connectivity index (χ3v) is 3.77. The molecule has 0 saturated heterocycles. The van der Waals surface area contributed by atoms with Crippen LogP contribution >= 0.6 is 24.8 Å². The van der Waals surface area contributed by atoms with Gasteiger partial charge < -0.3 is 10.7 Å². The van der Waals surface area contributed by atoms with Gasteiger partial charge in [-0.2, -0.15) is 13.5 Å². The summed E-state index contributed by atoms with van der Waals surface area (Å²) < 4.78 is 0. The predicted molar refractivity (Wildman–Crippen MR) is 84.6 cm³/mol. The van der Waals surface area contributed by atoms with Gasteiger partial charge in [0.25, 0.3) is 0 Å². The number of rotatable bonds is 3. The molecular weight excluding hydrogens is 292 g/mol. The molecule has 20 heavy (non-hydrogen) atoms. The van der Waals surface area contributed by atoms with E-state index in [1.165, 1.54) is 11.3 Å². The zero-order valence-electron chi connectivity index (χ0n) is 10.8. The Morgan fingerprint density at radius 3 is 3.00 bits per heavy atom. The Kier molecular flexibility index (Phi) is 4.22. The number of nitrogens with one attached hydrogen (secondary N) is 1. The van der Waals surface area contributed by atoms with Gasteiger partial charge in [-0.1, -0.05) is 0 Å². The highest BCUT2D eigenvalue weighted by molar-refractivity contribution is 7.59. The molecule has 0 saturated carbocycles. The molecule has 0 spiro atoms. The maximum Gasteiger partial charge on any atom is 0.223 e. The fourth-order valence-electron chi connectivity index (χ4n) is 1.87. The van der Waals surface area contributed by atoms with Gasteiger partial charge in [0.2, 0.25) is 5.78 Å². The van der Waals surface area contributed by atoms with Crippen LogP contribution in [0.2, 0.25) is 0 Å². The molecule has 3 rings (SSSR count). The van der Waals surface area contributed by atoms with E-state index in [-0.39, 0.29) is 25.3 Å². The van der Waals surface area contributed by atoms with Gasteiger partial charge in [-0.05, 0) is 13.0 Å². The highest BCUT2D eigenvalue weighted by atomic mass is 32.1. The summed E-state index contributed by atoms with van der Waals surface area (Å²) >= 11 is 1.32. The molecular formula is C13H14N4OS2. The van der Waals surface area contributed by atoms with E-state index in [2.05, 4.69) is 15.0 Å². The number of aromatic amines is 1. The summed E-state index contributed by atoms with van der Waals surface area (Å²) in [6, 6.07) is 1.66. The van der Waals surface area contributed by atoms with Crippen LogP contribution in [0.4, 0.5) is 0 Å². The molecule has 5 nitrogen and oxygen atoms in total. The second kappa shape index (κ2) is 5.74. The first-order valence-corrected chi connectivity index (χ1v) is 6.71. The van der Waals surface area contributed by atoms with Crippen molar-refractivity contribution in [3.05, 3.63) is 46.3 Å². The van der Waals surface area contributed by atoms with Crippen LogP contribution in [0.25, 0.3) is 10.9 Å². The van der Waals surface area contributed by atoms with Gasteiger partial charge in [-0.25, -0.2) is 4.98 Å². The number of carbonyl (C=O) groups excluding carboxylic acids is 1. The number of nitrogens with two attached hydrogens (primary N) is 1. The van der Waals surface area contributed by atoms with Crippen LogP contribution in [0.3, 0.4) is 0 Å². The van der Waals surface area contributed by atoms with E-state index in [1.807, 2.05) is 18.4 Å². The van der Waals surface area contributed by atoms with Crippen molar-refractivity contribution >= 4 is 41.5 Å². The molecule has 3 N–H and O–H groups in total. The fourth-order valence-corrected chi connectivity index (χ4v) is 2.75. The number of hydrogen-bond donors (Lipinski definition) is 2. The molecule has 0 bridgehead atoms. The van der Waals surface area contributed by atoms with Crippen LogP contribution < -0.4 is 5.73 Å². The lowest BCUT2D eigenvalue weighted by molar-refractivity contribution is 0.104. The molecule has 0 amide bonds. The van der Waals surface area contributed by atoms with Crippen molar-refractivity contribution in [3.8, 4) is 0 Å². The molecule has 7 heteroatoms. The quantitative estimate of drug-likeness (QED) is 0.728. The van der Waals surface area contributed by atoms with Gasteiger partial charge >= 0.3 is 0 Å². The highest BCUT2D eigenvalue weighted by Crippen LogP contribution is 2.23. The number of H-pyrrole nitrogens is 1. The van der Waals surface area contributed by atoms with Crippen molar-refractivity contribution in [2.24, 2.45) is 5.73 Å². The van der Waals surface area contributed by atoms with Gasteiger partial charge in [0.15, 0.2) is 5.01 Å². The molecule has 104 valence electrons. The number of hydrogen-bond acceptors (Lipinski definition) is 5. The fraction of sp³-hybridized carbons (Fsp3) is 0.154. The number of thiazole rings is 1. The van der Waals surface area contributed by atoms with Crippen molar-refractivity contribution in [2.45, 2.75) is 13.0 Å². The summed E-state index contributed by atoms with van der Waals surface area (Å²) in [6.45, 7) is 1.85. The first-order valence-electron chi connectivity index (χ1n) is 5.83. The van der Waals surface area contributed by atoms with E-state index in [1.54, 1.807) is 18.6 Å². The number of ketones is 1. The molecule has 3 heterocycles. The van der Waals surface area contributed by atoms with E-state index in [4.69, 9.17) is 5.73 Å². The predicted octanol–water partition coefficient (Wildman–Crippen LogP) is 2.38. The maximum absolute atomic E-state index is 12.4. The second-order valence-corrected chi connectivity index (χ2v) is 5.18. The van der Waals surface area contributed by atoms with Crippen LogP contribution in [-0.4, -0.2) is 20.7 Å². The average molecular weight is 306 g/mol. The molecule has 0 radical (unpaired) electrons. The number of fused-ring (bicyclic) bond motifs is 1. The Bertz CT molecular complexity index is 748. The van der Waals surface area contributed by atoms with Crippen LogP contribution in [-0.2, 0) is 0 Å². The summed E-state index contributed by atoms with van der Waals surface area (Å²) in [6.07, 6.45) is 5.06. The first kappa shape index (κ1) is 14.7. The third-order valence-electron chi connectivity index (χ3n) is 2.91. The van der Waals surface area contributed by atoms with Gasteiger partial charge in [0.05, 0.1) is 23.0 Å². The van der Waals surface area contributed by atoms with Gasteiger partial charge in [0, 0.05) is 29.2 Å². The SMILES string of the molecule is C[C@H](N)c1csc(C(=O)c2c[nH]c3cnccc23)n1.S. The zero-order valence-corrected chi connectivity index (χ0v) is 12.6. The Balaban J connectivity index is 0.00000147. The summed E-state index contributed by atoms with van der Waals surface area (Å²) in [5.74, 6) is -0.0886. The number of carbonyl (C=O) groups is 1. The largest absolute Gasteiger partial charge is 0.359 e. The molecule has 0 unspecified atom stereocenters. The van der Waals surface area contributed by atoms with Crippen molar-refractivity contribution in [1.29, 1.82) is 0 Å². The molecule has 0 aliphatic carbocycles. The molecule has 0 aliphatic heterocycles. The molecule has 3 aromatic heterocycles. The Labute approximate surface area is 126 Å². The average Bonchev–Trinajstić information content (AvgIpc) is 3.05. The van der Waals surface area contributed by atoms with Gasteiger partial charge in [0.1, 0.15) is 0 Å². The Morgan fingerprint density at radius 2 is 2.30 bits per heavy atom. The van der Waals surface area contributed by atoms with E-state index in [9.17, 15) is 4.79 Å². The molecule has 0 aromatic carbocycles. The summed E-state index contributed by atoms with van der Waals surface area (Å²) in [7, 11) is 0. The van der Waals surface area contributed by atoms with Crippen LogP contribution in [0.15, 0.2) is 30.0 Å². The third kappa shape index (κ3) is 2.47. The normalized spacial score (nSPS) is 12.1. The first-order chi connectivity index (χ1) is 9.16. The van der Waals surface area contributed by atoms with Gasteiger partial charge in [-0.3, -0.25) is 9.78 Å². The lowest BCUT2D eigenvalue weighted by Gasteiger charge is -1.98. The van der Waals surface area contributed by atoms with Crippen LogP contribution in [0.1, 0.15) is 34.0 Å². The Morgan fingerprint density at radius 1 is 1.50 bits per heavy atom. The standard InChI is InChI=1S/C13H12N4OS.H2S/c1-7(14)11-6-19-13(17-11)12(18)9-4-16-10-5-15-3-2-8(9)10;/h2-7,16H,14H2,1H3;1H2/t7-;/m0./s1. The van der Waals surface area contributed by atoms with E-state index < -0.39 is 0 Å². The number of pyridine rings is 1. The number of nitrogens with zero attached hydrogens (tertiary/aromatic N) is 2. The lowest BCUT2D eigenvalue weighted by Crippen LogP contribution is -2.06. The minimum absolute atomic E-state index is 0. The molecule has 1 atom stereocenters. The maximum atomic E-state index is 12.4. The second-order valence-electron chi connectivity index (χ2n) is 4.32. The number of aromatic nitrogens is 3. The monoisotopic (exact) mass is 306 g/mol. The minimum Gasteiger partial charge on any atom is -0.359 e. The molecule has 0 aliphatic rings. The molecule has 3 aromatic rings. The van der Waals surface area contributed by atoms with Crippen molar-refractivity contribution < 1.29 is 4.79 Å². The molecule has 0 fully saturated rings. The zero-order chi connectivity index (χ0) is 13.4. The summed E-state index contributed by atoms with van der Waals surface area (Å²) in [5.41, 5.74) is 7.96. The highest BCUT2D eigenvalue weighted by Gasteiger charge is 2.18. The topological polar surface area (TPSA) is 84.7 Å². The van der Waals surface area contributed by atoms with E-state index in [0.29, 0.717) is 10.6 Å². The van der Waals surface area contributed by atoms with E-state index in [0.717, 1.165) is 16.6 Å². The van der Waals surface area contributed by atoms with Gasteiger partial charge in [-0.15, -0.1) is 11.3 Å². The summed E-state index contributed by atoms with van der Waals surface area (Å²) in [4.78, 5) is 23.8. The van der Waals surface area contributed by atoms with Crippen LogP contribution in [0, 0.1) is 0 Å². The van der Waals surface area contributed by atoms with Crippen LogP contribution in [0.5, 0.6) is 0 Å². The van der Waals surface area contributed by atoms with E-state index >= 15 is 0 Å². The lowest BCUT2D eigenvalue weighted by atomic mass is 10.1.